The number of benzene rings is 2. The highest BCUT2D eigenvalue weighted by atomic mass is 35.5. The Kier molecular flexibility index (Phi) is 3.90. The lowest BCUT2D eigenvalue weighted by Gasteiger charge is -2.07. The van der Waals surface area contributed by atoms with Crippen LogP contribution in [0.25, 0.3) is 0 Å². The van der Waals surface area contributed by atoms with Crippen molar-refractivity contribution in [3.05, 3.63) is 69.5 Å². The molecule has 0 saturated heterocycles. The molecule has 2 aromatic rings. The third kappa shape index (κ3) is 3.06. The van der Waals surface area contributed by atoms with Crippen LogP contribution < -0.4 is 10.6 Å². The van der Waals surface area contributed by atoms with E-state index in [1.54, 1.807) is 0 Å². The number of hydrogen-bond donors (Lipinski definition) is 2. The normalized spacial score (nSPS) is 13.0. The van der Waals surface area contributed by atoms with Crippen molar-refractivity contribution in [3.8, 4) is 0 Å². The number of carbonyl (C=O) groups is 1. The number of halogens is 2. The van der Waals surface area contributed by atoms with Gasteiger partial charge in [-0.15, -0.1) is 0 Å². The molecule has 0 spiro atoms. The van der Waals surface area contributed by atoms with Crippen molar-refractivity contribution in [1.29, 1.82) is 0 Å². The van der Waals surface area contributed by atoms with Gasteiger partial charge in [-0.05, 0) is 34.9 Å². The Morgan fingerprint density at radius 3 is 2.81 bits per heavy atom. The lowest BCUT2D eigenvalue weighted by atomic mass is 10.1. The Morgan fingerprint density at radius 2 is 2.00 bits per heavy atom. The summed E-state index contributed by atoms with van der Waals surface area (Å²) in [4.78, 5) is 12.0. The van der Waals surface area contributed by atoms with Gasteiger partial charge in [0, 0.05) is 25.2 Å². The summed E-state index contributed by atoms with van der Waals surface area (Å²) in [6.07, 6.45) is 0. The smallest absolute Gasteiger partial charge is 0.251 e. The first-order valence-corrected chi connectivity index (χ1v) is 7.06. The molecule has 21 heavy (non-hydrogen) atoms. The third-order valence-corrected chi connectivity index (χ3v) is 3.83. The van der Waals surface area contributed by atoms with Crippen LogP contribution in [0.4, 0.5) is 4.39 Å². The van der Waals surface area contributed by atoms with Crippen molar-refractivity contribution in [1.82, 2.24) is 10.6 Å². The van der Waals surface area contributed by atoms with Gasteiger partial charge in [-0.2, -0.15) is 0 Å². The fourth-order valence-electron chi connectivity index (χ4n) is 2.38. The van der Waals surface area contributed by atoms with Gasteiger partial charge in [0.05, 0.1) is 5.02 Å². The summed E-state index contributed by atoms with van der Waals surface area (Å²) >= 11 is 5.68. The maximum absolute atomic E-state index is 13.1. The molecular weight excluding hydrogens is 291 g/mol. The van der Waals surface area contributed by atoms with Crippen LogP contribution in [0, 0.1) is 5.82 Å². The molecule has 3 rings (SSSR count). The van der Waals surface area contributed by atoms with Gasteiger partial charge in [-0.3, -0.25) is 4.79 Å². The minimum atomic E-state index is -0.528. The molecular formula is C16H14ClFN2O. The first-order valence-electron chi connectivity index (χ1n) is 6.68. The van der Waals surface area contributed by atoms with Crippen LogP contribution in [0.2, 0.25) is 5.02 Å². The molecule has 5 heteroatoms. The maximum atomic E-state index is 13.1. The number of rotatable bonds is 3. The molecule has 0 aromatic heterocycles. The monoisotopic (exact) mass is 304 g/mol. The molecule has 2 aromatic carbocycles. The van der Waals surface area contributed by atoms with E-state index < -0.39 is 5.82 Å². The summed E-state index contributed by atoms with van der Waals surface area (Å²) < 4.78 is 13.1. The summed E-state index contributed by atoms with van der Waals surface area (Å²) in [5.41, 5.74) is 3.96. The van der Waals surface area contributed by atoms with Crippen LogP contribution in [0.3, 0.4) is 0 Å². The van der Waals surface area contributed by atoms with Gasteiger partial charge in [0.25, 0.3) is 5.91 Å². The lowest BCUT2D eigenvalue weighted by molar-refractivity contribution is 0.0951. The van der Waals surface area contributed by atoms with Crippen LogP contribution in [-0.4, -0.2) is 5.91 Å². The number of carbonyl (C=O) groups excluding carboxylic acids is 1. The van der Waals surface area contributed by atoms with Crippen LogP contribution in [-0.2, 0) is 19.6 Å². The average Bonchev–Trinajstić information content (AvgIpc) is 2.95. The van der Waals surface area contributed by atoms with Crippen LogP contribution in [0.15, 0.2) is 36.4 Å². The summed E-state index contributed by atoms with van der Waals surface area (Å²) in [7, 11) is 0. The summed E-state index contributed by atoms with van der Waals surface area (Å²) in [5, 5.41) is 6.04. The quantitative estimate of drug-likeness (QED) is 0.915. The highest BCUT2D eigenvalue weighted by molar-refractivity contribution is 6.31. The largest absolute Gasteiger partial charge is 0.348 e. The molecule has 0 atom stereocenters. The van der Waals surface area contributed by atoms with Crippen LogP contribution in [0.1, 0.15) is 27.0 Å². The molecule has 2 N–H and O–H groups in total. The molecule has 1 aliphatic heterocycles. The summed E-state index contributed by atoms with van der Waals surface area (Å²) in [6, 6.07) is 10.1. The first kappa shape index (κ1) is 14.0. The Morgan fingerprint density at radius 1 is 1.19 bits per heavy atom. The second-order valence-electron chi connectivity index (χ2n) is 5.02. The van der Waals surface area contributed by atoms with E-state index in [1.165, 1.54) is 29.3 Å². The molecule has 0 radical (unpaired) electrons. The molecule has 0 fully saturated rings. The Bertz CT molecular complexity index is 703. The van der Waals surface area contributed by atoms with E-state index in [9.17, 15) is 9.18 Å². The lowest BCUT2D eigenvalue weighted by Crippen LogP contribution is -2.22. The van der Waals surface area contributed by atoms with Crippen molar-refractivity contribution < 1.29 is 9.18 Å². The van der Waals surface area contributed by atoms with Gasteiger partial charge >= 0.3 is 0 Å². The van der Waals surface area contributed by atoms with Crippen molar-refractivity contribution in [2.24, 2.45) is 0 Å². The van der Waals surface area contributed by atoms with Crippen molar-refractivity contribution in [2.75, 3.05) is 0 Å². The number of hydrogen-bond acceptors (Lipinski definition) is 2. The Labute approximate surface area is 127 Å². The number of amides is 1. The van der Waals surface area contributed by atoms with E-state index in [2.05, 4.69) is 22.8 Å². The van der Waals surface area contributed by atoms with Gasteiger partial charge in [0.2, 0.25) is 0 Å². The third-order valence-electron chi connectivity index (χ3n) is 3.54. The number of nitrogens with one attached hydrogen (secondary N) is 2. The van der Waals surface area contributed by atoms with Gasteiger partial charge in [0.15, 0.2) is 0 Å². The molecule has 0 bridgehead atoms. The van der Waals surface area contributed by atoms with Crippen molar-refractivity contribution in [3.63, 3.8) is 0 Å². The fourth-order valence-corrected chi connectivity index (χ4v) is 2.56. The van der Waals surface area contributed by atoms with Gasteiger partial charge in [0.1, 0.15) is 5.82 Å². The van der Waals surface area contributed by atoms with E-state index in [1.807, 2.05) is 6.07 Å². The average molecular weight is 305 g/mol. The van der Waals surface area contributed by atoms with Gasteiger partial charge in [-0.1, -0.05) is 29.8 Å². The molecule has 108 valence electrons. The molecule has 0 aliphatic carbocycles. The van der Waals surface area contributed by atoms with Crippen LogP contribution >= 0.6 is 11.6 Å². The zero-order valence-corrected chi connectivity index (χ0v) is 12.0. The molecule has 3 nitrogen and oxygen atoms in total. The highest BCUT2D eigenvalue weighted by Gasteiger charge is 2.11. The molecule has 0 unspecified atom stereocenters. The van der Waals surface area contributed by atoms with E-state index in [0.717, 1.165) is 18.7 Å². The van der Waals surface area contributed by atoms with E-state index in [4.69, 9.17) is 11.6 Å². The van der Waals surface area contributed by atoms with Crippen LogP contribution in [0.5, 0.6) is 0 Å². The number of fused-ring (bicyclic) bond motifs is 1. The topological polar surface area (TPSA) is 41.1 Å². The van der Waals surface area contributed by atoms with E-state index in [-0.39, 0.29) is 10.9 Å². The minimum Gasteiger partial charge on any atom is -0.348 e. The highest BCUT2D eigenvalue weighted by Crippen LogP contribution is 2.18. The SMILES string of the molecule is O=C(NCc1ccc2c(c1)CNC2)c1ccc(F)c(Cl)c1. The predicted octanol–water partition coefficient (Wildman–Crippen LogP) is 3.01. The molecule has 0 saturated carbocycles. The second kappa shape index (κ2) is 5.84. The Balaban J connectivity index is 1.67. The molecule has 1 amide bonds. The first-order chi connectivity index (χ1) is 10.1. The fraction of sp³-hybridized carbons (Fsp3) is 0.188. The molecule has 1 heterocycles. The van der Waals surface area contributed by atoms with E-state index >= 15 is 0 Å². The van der Waals surface area contributed by atoms with Gasteiger partial charge in [-0.25, -0.2) is 4.39 Å². The zero-order valence-electron chi connectivity index (χ0n) is 11.2. The molecule has 1 aliphatic rings. The van der Waals surface area contributed by atoms with Gasteiger partial charge < -0.3 is 10.6 Å². The van der Waals surface area contributed by atoms with E-state index in [0.29, 0.717) is 12.1 Å². The maximum Gasteiger partial charge on any atom is 0.251 e. The van der Waals surface area contributed by atoms with Crippen molar-refractivity contribution in [2.45, 2.75) is 19.6 Å². The Hall–Kier alpha value is -1.91. The summed E-state index contributed by atoms with van der Waals surface area (Å²) in [5.74, 6) is -0.796. The van der Waals surface area contributed by atoms with Crippen molar-refractivity contribution >= 4 is 17.5 Å². The zero-order chi connectivity index (χ0) is 14.8. The predicted molar refractivity (Wildman–Crippen MR) is 79.6 cm³/mol. The second-order valence-corrected chi connectivity index (χ2v) is 5.43. The summed E-state index contributed by atoms with van der Waals surface area (Å²) in [6.45, 7) is 2.20. The minimum absolute atomic E-state index is 0.0498. The standard InChI is InChI=1S/C16H14ClFN2O/c17-14-6-11(3-4-15(14)18)16(21)20-7-10-1-2-12-8-19-9-13(12)5-10/h1-6,19H,7-9H2,(H,20,21).